The van der Waals surface area contributed by atoms with Crippen molar-refractivity contribution in [2.45, 2.75) is 20.8 Å². The third-order valence-electron chi connectivity index (χ3n) is 2.75. The summed E-state index contributed by atoms with van der Waals surface area (Å²) in [5, 5.41) is 2.48. The molecular formula is C12H11Cl2N. The number of halogens is 2. The maximum Gasteiger partial charge on any atom is 0.0764 e. The largest absolute Gasteiger partial charge is 0.252 e. The number of fused-ring (bicyclic) bond motifs is 1. The molecule has 3 heteroatoms. The summed E-state index contributed by atoms with van der Waals surface area (Å²) < 4.78 is 0. The molecule has 0 fully saturated rings. The fraction of sp³-hybridized carbons (Fsp3) is 0.250. The van der Waals surface area contributed by atoms with Crippen LogP contribution in [0, 0.1) is 20.8 Å². The van der Waals surface area contributed by atoms with Crippen LogP contribution in [0.2, 0.25) is 10.0 Å². The third kappa shape index (κ3) is 1.60. The summed E-state index contributed by atoms with van der Waals surface area (Å²) in [7, 11) is 0. The number of rotatable bonds is 0. The average Bonchev–Trinajstić information content (AvgIpc) is 2.21. The van der Waals surface area contributed by atoms with E-state index in [2.05, 4.69) is 4.98 Å². The van der Waals surface area contributed by atoms with E-state index < -0.39 is 0 Å². The van der Waals surface area contributed by atoms with Crippen LogP contribution in [0.5, 0.6) is 0 Å². The predicted molar refractivity (Wildman–Crippen MR) is 66.0 cm³/mol. The van der Waals surface area contributed by atoms with Crippen molar-refractivity contribution in [1.82, 2.24) is 4.98 Å². The molecule has 0 aliphatic carbocycles. The molecule has 0 aliphatic heterocycles. The summed E-state index contributed by atoms with van der Waals surface area (Å²) >= 11 is 12.3. The second-order valence-corrected chi connectivity index (χ2v) is 4.49. The Morgan fingerprint density at radius 2 is 1.67 bits per heavy atom. The van der Waals surface area contributed by atoms with Crippen molar-refractivity contribution >= 4 is 34.1 Å². The van der Waals surface area contributed by atoms with Crippen molar-refractivity contribution in [2.24, 2.45) is 0 Å². The van der Waals surface area contributed by atoms with Gasteiger partial charge in [0.15, 0.2) is 0 Å². The number of benzene rings is 1. The van der Waals surface area contributed by atoms with E-state index in [-0.39, 0.29) is 0 Å². The van der Waals surface area contributed by atoms with E-state index in [1.807, 2.05) is 32.9 Å². The first-order chi connectivity index (χ1) is 7.02. The van der Waals surface area contributed by atoms with Gasteiger partial charge in [0, 0.05) is 16.1 Å². The van der Waals surface area contributed by atoms with Crippen molar-refractivity contribution in [2.75, 3.05) is 0 Å². The van der Waals surface area contributed by atoms with Gasteiger partial charge in [0.05, 0.1) is 10.5 Å². The summed E-state index contributed by atoms with van der Waals surface area (Å²) in [5.41, 5.74) is 3.87. The Bertz CT molecular complexity index is 547. The maximum absolute atomic E-state index is 6.27. The van der Waals surface area contributed by atoms with Gasteiger partial charge in [-0.3, -0.25) is 4.98 Å². The number of hydrogen-bond acceptors (Lipinski definition) is 1. The van der Waals surface area contributed by atoms with Crippen LogP contribution in [0.4, 0.5) is 0 Å². The van der Waals surface area contributed by atoms with E-state index in [0.717, 1.165) is 37.8 Å². The molecule has 1 nitrogen and oxygen atoms in total. The summed E-state index contributed by atoms with van der Waals surface area (Å²) in [4.78, 5) is 4.53. The number of nitrogens with zero attached hydrogens (tertiary/aromatic N) is 1. The molecule has 0 unspecified atom stereocenters. The molecule has 1 aromatic heterocycles. The van der Waals surface area contributed by atoms with Crippen LogP contribution >= 0.6 is 23.2 Å². The van der Waals surface area contributed by atoms with E-state index >= 15 is 0 Å². The minimum atomic E-state index is 0.731. The molecule has 0 N–H and O–H groups in total. The number of aryl methyl sites for hydroxylation is 2. The van der Waals surface area contributed by atoms with E-state index in [4.69, 9.17) is 23.2 Å². The third-order valence-corrected chi connectivity index (χ3v) is 3.65. The highest BCUT2D eigenvalue weighted by molar-refractivity contribution is 6.37. The average molecular weight is 240 g/mol. The van der Waals surface area contributed by atoms with Gasteiger partial charge in [-0.15, -0.1) is 0 Å². The predicted octanol–water partition coefficient (Wildman–Crippen LogP) is 4.47. The molecule has 1 heterocycles. The van der Waals surface area contributed by atoms with Crippen LogP contribution in [0.1, 0.15) is 16.8 Å². The van der Waals surface area contributed by atoms with Gasteiger partial charge in [-0.25, -0.2) is 0 Å². The second kappa shape index (κ2) is 3.66. The molecule has 0 radical (unpaired) electrons. The summed E-state index contributed by atoms with van der Waals surface area (Å²) in [5.74, 6) is 0. The van der Waals surface area contributed by atoms with E-state index in [9.17, 15) is 0 Å². The van der Waals surface area contributed by atoms with Gasteiger partial charge in [-0.1, -0.05) is 23.2 Å². The molecule has 2 aromatic rings. The standard InChI is InChI=1S/C12H11Cl2N/c1-6-8(3)15-12-7(2)10(13)5-4-9(12)11(6)14/h4-5H,1-3H3. The van der Waals surface area contributed by atoms with Crippen LogP contribution < -0.4 is 0 Å². The Hall–Kier alpha value is -0.790. The first kappa shape index (κ1) is 10.7. The van der Waals surface area contributed by atoms with Crippen molar-refractivity contribution < 1.29 is 0 Å². The molecule has 0 saturated carbocycles. The topological polar surface area (TPSA) is 12.9 Å². The molecule has 0 spiro atoms. The lowest BCUT2D eigenvalue weighted by atomic mass is 10.1. The first-order valence-electron chi connectivity index (χ1n) is 4.74. The monoisotopic (exact) mass is 239 g/mol. The van der Waals surface area contributed by atoms with Gasteiger partial charge >= 0.3 is 0 Å². The van der Waals surface area contributed by atoms with Crippen LogP contribution in [-0.4, -0.2) is 4.98 Å². The van der Waals surface area contributed by atoms with Crippen molar-refractivity contribution in [1.29, 1.82) is 0 Å². The summed E-state index contributed by atoms with van der Waals surface area (Å²) in [6.07, 6.45) is 0. The van der Waals surface area contributed by atoms with Crippen LogP contribution in [0.15, 0.2) is 12.1 Å². The summed E-state index contributed by atoms with van der Waals surface area (Å²) in [6.45, 7) is 5.90. The molecule has 0 saturated heterocycles. The minimum Gasteiger partial charge on any atom is -0.252 e. The maximum atomic E-state index is 6.27. The Morgan fingerprint density at radius 1 is 1.00 bits per heavy atom. The molecule has 0 amide bonds. The highest BCUT2D eigenvalue weighted by Crippen LogP contribution is 2.31. The molecule has 2 rings (SSSR count). The SMILES string of the molecule is Cc1nc2c(C)c(Cl)ccc2c(Cl)c1C. The van der Waals surface area contributed by atoms with Gasteiger partial charge < -0.3 is 0 Å². The molecule has 15 heavy (non-hydrogen) atoms. The zero-order valence-corrected chi connectivity index (χ0v) is 10.4. The Labute approximate surface area is 99.0 Å². The van der Waals surface area contributed by atoms with E-state index in [1.54, 1.807) is 0 Å². The number of aromatic nitrogens is 1. The number of pyridine rings is 1. The Morgan fingerprint density at radius 3 is 2.33 bits per heavy atom. The minimum absolute atomic E-state index is 0.731. The van der Waals surface area contributed by atoms with Gasteiger partial charge in [0.2, 0.25) is 0 Å². The Balaban J connectivity index is 2.98. The van der Waals surface area contributed by atoms with Crippen molar-refractivity contribution in [3.05, 3.63) is 39.0 Å². The molecule has 1 aromatic carbocycles. The van der Waals surface area contributed by atoms with Crippen LogP contribution in [-0.2, 0) is 0 Å². The van der Waals surface area contributed by atoms with E-state index in [1.165, 1.54) is 0 Å². The summed E-state index contributed by atoms with van der Waals surface area (Å²) in [6, 6.07) is 3.79. The van der Waals surface area contributed by atoms with Gasteiger partial charge in [0.1, 0.15) is 0 Å². The zero-order valence-electron chi connectivity index (χ0n) is 8.86. The molecule has 78 valence electrons. The van der Waals surface area contributed by atoms with Crippen LogP contribution in [0.25, 0.3) is 10.9 Å². The molecule has 0 atom stereocenters. The fourth-order valence-electron chi connectivity index (χ4n) is 1.61. The molecule has 0 aliphatic rings. The normalized spacial score (nSPS) is 11.0. The van der Waals surface area contributed by atoms with Crippen molar-refractivity contribution in [3.8, 4) is 0 Å². The quantitative estimate of drug-likeness (QED) is 0.662. The lowest BCUT2D eigenvalue weighted by Gasteiger charge is -2.09. The van der Waals surface area contributed by atoms with Gasteiger partial charge in [-0.2, -0.15) is 0 Å². The lowest BCUT2D eigenvalue weighted by Crippen LogP contribution is -1.93. The molecule has 0 bridgehead atoms. The highest BCUT2D eigenvalue weighted by atomic mass is 35.5. The van der Waals surface area contributed by atoms with Gasteiger partial charge in [0.25, 0.3) is 0 Å². The first-order valence-corrected chi connectivity index (χ1v) is 5.49. The Kier molecular flexibility index (Phi) is 2.61. The zero-order chi connectivity index (χ0) is 11.2. The smallest absolute Gasteiger partial charge is 0.0764 e. The van der Waals surface area contributed by atoms with Crippen LogP contribution in [0.3, 0.4) is 0 Å². The number of hydrogen-bond donors (Lipinski definition) is 0. The van der Waals surface area contributed by atoms with E-state index in [0.29, 0.717) is 0 Å². The van der Waals surface area contributed by atoms with Crippen molar-refractivity contribution in [3.63, 3.8) is 0 Å². The molecular weight excluding hydrogens is 229 g/mol. The second-order valence-electron chi connectivity index (χ2n) is 3.70. The lowest BCUT2D eigenvalue weighted by molar-refractivity contribution is 1.19. The highest BCUT2D eigenvalue weighted by Gasteiger charge is 2.10. The van der Waals surface area contributed by atoms with Gasteiger partial charge in [-0.05, 0) is 44.0 Å². The fourth-order valence-corrected chi connectivity index (χ4v) is 2.05.